The Kier molecular flexibility index (Phi) is 5.13. The van der Waals surface area contributed by atoms with Crippen LogP contribution in [0.5, 0.6) is 5.75 Å². The van der Waals surface area contributed by atoms with E-state index < -0.39 is 0 Å². The number of carbonyl (C=O) groups excluding carboxylic acids is 2. The Morgan fingerprint density at radius 3 is 2.64 bits per heavy atom. The van der Waals surface area contributed by atoms with E-state index in [0.717, 1.165) is 25.3 Å². The molecule has 2 aromatic rings. The highest BCUT2D eigenvalue weighted by atomic mass is 16.5. The quantitative estimate of drug-likeness (QED) is 0.837. The number of aromatic nitrogens is 1. The van der Waals surface area contributed by atoms with Gasteiger partial charge in [-0.2, -0.15) is 0 Å². The first-order valence-electron chi connectivity index (χ1n) is 8.05. The smallest absolute Gasteiger partial charge is 0.255 e. The molecule has 0 radical (unpaired) electrons. The van der Waals surface area contributed by atoms with Crippen molar-refractivity contribution < 1.29 is 14.3 Å². The van der Waals surface area contributed by atoms with Gasteiger partial charge in [-0.15, -0.1) is 0 Å². The van der Waals surface area contributed by atoms with E-state index in [9.17, 15) is 9.59 Å². The Balaban J connectivity index is 1.62. The predicted octanol–water partition coefficient (Wildman–Crippen LogP) is 1.62. The third kappa shape index (κ3) is 4.06. The summed E-state index contributed by atoms with van der Waals surface area (Å²) in [5.74, 6) is 1.26. The molecule has 130 valence electrons. The summed E-state index contributed by atoms with van der Waals surface area (Å²) in [4.78, 5) is 31.3. The first kappa shape index (κ1) is 16.8. The number of methoxy groups -OCH3 is 1. The van der Waals surface area contributed by atoms with Gasteiger partial charge in [-0.25, -0.2) is 4.98 Å². The van der Waals surface area contributed by atoms with Gasteiger partial charge in [-0.1, -0.05) is 6.07 Å². The molecular formula is C18H20N4O3. The molecular weight excluding hydrogens is 320 g/mol. The lowest BCUT2D eigenvalue weighted by atomic mass is 10.2. The Morgan fingerprint density at radius 2 is 2.00 bits per heavy atom. The minimum atomic E-state index is -0.215. The van der Waals surface area contributed by atoms with Gasteiger partial charge in [0.05, 0.1) is 19.0 Å². The van der Waals surface area contributed by atoms with Gasteiger partial charge >= 0.3 is 0 Å². The van der Waals surface area contributed by atoms with Crippen molar-refractivity contribution in [3.63, 3.8) is 0 Å². The topological polar surface area (TPSA) is 74.8 Å². The predicted molar refractivity (Wildman–Crippen MR) is 95.0 cm³/mol. The molecule has 0 aliphatic carbocycles. The third-order valence-electron chi connectivity index (χ3n) is 4.12. The fourth-order valence-corrected chi connectivity index (χ4v) is 2.67. The molecule has 1 fully saturated rings. The van der Waals surface area contributed by atoms with Crippen LogP contribution >= 0.6 is 0 Å². The van der Waals surface area contributed by atoms with Crippen LogP contribution in [0.4, 0.5) is 11.5 Å². The molecule has 0 saturated carbocycles. The number of nitrogens with zero attached hydrogens (tertiary/aromatic N) is 3. The first-order valence-corrected chi connectivity index (χ1v) is 8.05. The number of amides is 2. The zero-order chi connectivity index (χ0) is 17.6. The van der Waals surface area contributed by atoms with Crippen molar-refractivity contribution in [3.8, 4) is 5.75 Å². The molecule has 7 nitrogen and oxygen atoms in total. The number of anilines is 2. The molecule has 1 aliphatic rings. The molecule has 0 spiro atoms. The Bertz CT molecular complexity index is 740. The van der Waals surface area contributed by atoms with E-state index in [1.165, 1.54) is 0 Å². The van der Waals surface area contributed by atoms with Gasteiger partial charge < -0.3 is 19.9 Å². The van der Waals surface area contributed by atoms with E-state index in [1.807, 2.05) is 12.1 Å². The number of ether oxygens (including phenoxy) is 1. The standard InChI is InChI=1S/C18H20N4O3/c1-25-16-4-2-3-14(11-16)18(24)20-15-5-6-17(19-12-15)22-9-7-21(13-23)8-10-22/h2-6,11-13H,7-10H2,1H3,(H,20,24). The summed E-state index contributed by atoms with van der Waals surface area (Å²) in [6.07, 6.45) is 2.52. The van der Waals surface area contributed by atoms with Crippen molar-refractivity contribution in [2.24, 2.45) is 0 Å². The van der Waals surface area contributed by atoms with Crippen LogP contribution in [-0.4, -0.2) is 55.5 Å². The Hall–Kier alpha value is -3.09. The number of pyridine rings is 1. The van der Waals surface area contributed by atoms with Crippen molar-refractivity contribution in [1.29, 1.82) is 0 Å². The van der Waals surface area contributed by atoms with Crippen LogP contribution in [0, 0.1) is 0 Å². The van der Waals surface area contributed by atoms with Crippen molar-refractivity contribution in [3.05, 3.63) is 48.2 Å². The van der Waals surface area contributed by atoms with Gasteiger partial charge in [0, 0.05) is 31.7 Å². The number of nitrogens with one attached hydrogen (secondary N) is 1. The van der Waals surface area contributed by atoms with Crippen LogP contribution in [0.1, 0.15) is 10.4 Å². The van der Waals surface area contributed by atoms with Crippen molar-refractivity contribution in [1.82, 2.24) is 9.88 Å². The molecule has 0 bridgehead atoms. The SMILES string of the molecule is COc1cccc(C(=O)Nc2ccc(N3CCN(C=O)CC3)nc2)c1. The molecule has 7 heteroatoms. The third-order valence-corrected chi connectivity index (χ3v) is 4.12. The minimum absolute atomic E-state index is 0.215. The lowest BCUT2D eigenvalue weighted by Crippen LogP contribution is -2.46. The highest BCUT2D eigenvalue weighted by Gasteiger charge is 2.16. The highest BCUT2D eigenvalue weighted by Crippen LogP contribution is 2.18. The Labute approximate surface area is 146 Å². The van der Waals surface area contributed by atoms with Gasteiger partial charge in [-0.05, 0) is 30.3 Å². The fraction of sp³-hybridized carbons (Fsp3) is 0.278. The van der Waals surface area contributed by atoms with E-state index >= 15 is 0 Å². The van der Waals surface area contributed by atoms with E-state index in [1.54, 1.807) is 42.5 Å². The van der Waals surface area contributed by atoms with Crippen molar-refractivity contribution in [2.75, 3.05) is 43.5 Å². The van der Waals surface area contributed by atoms with Gasteiger partial charge in [0.1, 0.15) is 11.6 Å². The number of rotatable bonds is 5. The van der Waals surface area contributed by atoms with Crippen LogP contribution in [0.25, 0.3) is 0 Å². The monoisotopic (exact) mass is 340 g/mol. The summed E-state index contributed by atoms with van der Waals surface area (Å²) in [7, 11) is 1.56. The zero-order valence-corrected chi connectivity index (χ0v) is 14.0. The molecule has 1 aliphatic heterocycles. The second-order valence-corrected chi connectivity index (χ2v) is 5.72. The molecule has 1 aromatic carbocycles. The average Bonchev–Trinajstić information content (AvgIpc) is 2.68. The number of hydrogen-bond donors (Lipinski definition) is 1. The second-order valence-electron chi connectivity index (χ2n) is 5.72. The van der Waals surface area contributed by atoms with Crippen LogP contribution in [0.3, 0.4) is 0 Å². The van der Waals surface area contributed by atoms with Crippen LogP contribution < -0.4 is 15.0 Å². The fourth-order valence-electron chi connectivity index (χ4n) is 2.67. The van der Waals surface area contributed by atoms with Crippen molar-refractivity contribution >= 4 is 23.8 Å². The number of carbonyl (C=O) groups is 2. The zero-order valence-electron chi connectivity index (χ0n) is 14.0. The summed E-state index contributed by atoms with van der Waals surface area (Å²) in [5, 5.41) is 2.83. The lowest BCUT2D eigenvalue weighted by molar-refractivity contribution is -0.118. The molecule has 0 atom stereocenters. The lowest BCUT2D eigenvalue weighted by Gasteiger charge is -2.33. The number of hydrogen-bond acceptors (Lipinski definition) is 5. The van der Waals surface area contributed by atoms with Gasteiger partial charge in [0.2, 0.25) is 6.41 Å². The maximum absolute atomic E-state index is 12.3. The molecule has 2 amide bonds. The molecule has 0 unspecified atom stereocenters. The van der Waals surface area contributed by atoms with Crippen molar-refractivity contribution in [2.45, 2.75) is 0 Å². The molecule has 3 rings (SSSR count). The maximum Gasteiger partial charge on any atom is 0.255 e. The van der Waals surface area contributed by atoms with Crippen LogP contribution in [-0.2, 0) is 4.79 Å². The Morgan fingerprint density at radius 1 is 1.20 bits per heavy atom. The molecule has 1 N–H and O–H groups in total. The van der Waals surface area contributed by atoms with Crippen LogP contribution in [0.15, 0.2) is 42.6 Å². The van der Waals surface area contributed by atoms with E-state index in [0.29, 0.717) is 30.1 Å². The van der Waals surface area contributed by atoms with Gasteiger partial charge in [-0.3, -0.25) is 9.59 Å². The van der Waals surface area contributed by atoms with Gasteiger partial charge in [0.15, 0.2) is 0 Å². The summed E-state index contributed by atoms with van der Waals surface area (Å²) < 4.78 is 5.13. The van der Waals surface area contributed by atoms with Crippen LogP contribution in [0.2, 0.25) is 0 Å². The summed E-state index contributed by atoms with van der Waals surface area (Å²) in [5.41, 5.74) is 1.15. The van der Waals surface area contributed by atoms with E-state index in [-0.39, 0.29) is 5.91 Å². The molecule has 1 aromatic heterocycles. The average molecular weight is 340 g/mol. The second kappa shape index (κ2) is 7.65. The summed E-state index contributed by atoms with van der Waals surface area (Å²) in [6.45, 7) is 2.89. The number of piperazine rings is 1. The maximum atomic E-state index is 12.3. The van der Waals surface area contributed by atoms with E-state index in [4.69, 9.17) is 4.74 Å². The molecule has 1 saturated heterocycles. The van der Waals surface area contributed by atoms with E-state index in [2.05, 4.69) is 15.2 Å². The normalized spacial score (nSPS) is 14.1. The molecule has 2 heterocycles. The minimum Gasteiger partial charge on any atom is -0.497 e. The first-order chi connectivity index (χ1) is 12.2. The summed E-state index contributed by atoms with van der Waals surface area (Å²) >= 11 is 0. The largest absolute Gasteiger partial charge is 0.497 e. The highest BCUT2D eigenvalue weighted by molar-refractivity contribution is 6.04. The number of benzene rings is 1. The summed E-state index contributed by atoms with van der Waals surface area (Å²) in [6, 6.07) is 10.7. The molecule has 25 heavy (non-hydrogen) atoms. The van der Waals surface area contributed by atoms with Gasteiger partial charge in [0.25, 0.3) is 5.91 Å².